The molecule has 7 nitrogen and oxygen atoms in total. The molecule has 0 saturated heterocycles. The number of hydrogen-bond acceptors (Lipinski definition) is 6. The summed E-state index contributed by atoms with van der Waals surface area (Å²) in [5, 5.41) is -1.94. The van der Waals surface area contributed by atoms with E-state index in [0.29, 0.717) is 12.8 Å². The van der Waals surface area contributed by atoms with E-state index >= 15 is 0 Å². The van der Waals surface area contributed by atoms with Crippen molar-refractivity contribution in [2.45, 2.75) is 295 Å². The molecule has 58 heavy (non-hydrogen) atoms. The number of esters is 2. The Labute approximate surface area is 361 Å². The highest BCUT2D eigenvalue weighted by Crippen LogP contribution is 2.18. The van der Waals surface area contributed by atoms with E-state index in [1.807, 2.05) is 0 Å². The first-order valence-electron chi connectivity index (χ1n) is 25.6. The molecule has 0 saturated carbocycles. The maximum Gasteiger partial charge on any atom is 0.327 e. The summed E-state index contributed by atoms with van der Waals surface area (Å²) in [6.07, 6.45) is 53.5. The lowest BCUT2D eigenvalue weighted by Crippen LogP contribution is -2.34. The van der Waals surface area contributed by atoms with Crippen molar-refractivity contribution in [3.63, 3.8) is 0 Å². The Morgan fingerprint density at radius 3 is 0.793 bits per heavy atom. The van der Waals surface area contributed by atoms with Crippen molar-refractivity contribution in [3.8, 4) is 0 Å². The van der Waals surface area contributed by atoms with Crippen LogP contribution in [0.25, 0.3) is 0 Å². The van der Waals surface area contributed by atoms with Crippen LogP contribution < -0.4 is 0 Å². The van der Waals surface area contributed by atoms with Gasteiger partial charge in [-0.2, -0.15) is 8.42 Å². The number of ether oxygens (including phenoxy) is 2. The standard InChI is InChI=1S/C50H98O7S/c1-3-5-7-9-11-13-15-17-19-21-23-25-27-29-31-33-35-37-39-41-43-45-56-49(51)47-48(58(53,54)55)50(52)57-46-44-42-40-38-36-34-32-30-28-26-24-22-20-18-16-14-12-10-8-6-4-2/h48H,3-47H2,1-2H3,(H,53,54,55). The first kappa shape index (κ1) is 56.9. The van der Waals surface area contributed by atoms with Crippen LogP contribution in [-0.2, 0) is 29.2 Å². The van der Waals surface area contributed by atoms with Crippen LogP contribution in [0.2, 0.25) is 0 Å². The molecule has 0 aliphatic heterocycles. The van der Waals surface area contributed by atoms with Crippen LogP contribution in [0.15, 0.2) is 0 Å². The van der Waals surface area contributed by atoms with Gasteiger partial charge in [-0.25, -0.2) is 0 Å². The fraction of sp³-hybridized carbons (Fsp3) is 0.960. The predicted molar refractivity (Wildman–Crippen MR) is 247 cm³/mol. The van der Waals surface area contributed by atoms with Crippen LogP contribution in [0, 0.1) is 0 Å². The quantitative estimate of drug-likeness (QED) is 0.0369. The molecule has 0 rings (SSSR count). The summed E-state index contributed by atoms with van der Waals surface area (Å²) in [4.78, 5) is 24.7. The number of carbonyl (C=O) groups is 2. The highest BCUT2D eigenvalue weighted by Gasteiger charge is 2.35. The van der Waals surface area contributed by atoms with Gasteiger partial charge in [-0.3, -0.25) is 14.1 Å². The Morgan fingerprint density at radius 2 is 0.569 bits per heavy atom. The van der Waals surface area contributed by atoms with Gasteiger partial charge >= 0.3 is 11.9 Å². The van der Waals surface area contributed by atoms with Crippen LogP contribution >= 0.6 is 0 Å². The average Bonchev–Trinajstić information content (AvgIpc) is 3.20. The number of rotatable bonds is 48. The van der Waals surface area contributed by atoms with Gasteiger partial charge in [-0.1, -0.05) is 271 Å². The van der Waals surface area contributed by atoms with Crippen LogP contribution in [0.1, 0.15) is 290 Å². The first-order chi connectivity index (χ1) is 28.3. The zero-order chi connectivity index (χ0) is 42.5. The second-order valence-corrected chi connectivity index (χ2v) is 19.3. The Bertz CT molecular complexity index is 969. The Hall–Kier alpha value is -1.15. The number of unbranched alkanes of at least 4 members (excludes halogenated alkanes) is 40. The molecule has 0 fully saturated rings. The first-order valence-corrected chi connectivity index (χ1v) is 27.1. The molecule has 0 aromatic rings. The molecule has 0 bridgehead atoms. The fourth-order valence-corrected chi connectivity index (χ4v) is 8.70. The van der Waals surface area contributed by atoms with Crippen molar-refractivity contribution < 1.29 is 32.0 Å². The largest absolute Gasteiger partial charge is 0.466 e. The van der Waals surface area contributed by atoms with Crippen molar-refractivity contribution in [2.24, 2.45) is 0 Å². The molecule has 0 spiro atoms. The topological polar surface area (TPSA) is 107 Å². The third kappa shape index (κ3) is 43.0. The maximum absolute atomic E-state index is 12.4. The minimum Gasteiger partial charge on any atom is -0.466 e. The lowest BCUT2D eigenvalue weighted by molar-refractivity contribution is -0.150. The van der Waals surface area contributed by atoms with Crippen LogP contribution in [0.5, 0.6) is 0 Å². The zero-order valence-corrected chi connectivity index (χ0v) is 39.5. The van der Waals surface area contributed by atoms with Gasteiger partial charge in [0.15, 0.2) is 5.25 Å². The molecule has 0 aliphatic rings. The summed E-state index contributed by atoms with van der Waals surface area (Å²) < 4.78 is 43.6. The van der Waals surface area contributed by atoms with Gasteiger partial charge in [0.2, 0.25) is 0 Å². The number of carbonyl (C=O) groups excluding carboxylic acids is 2. The molecule has 1 unspecified atom stereocenters. The Kier molecular flexibility index (Phi) is 44.5. The molecule has 1 atom stereocenters. The molecule has 0 aromatic carbocycles. The van der Waals surface area contributed by atoms with E-state index in [0.717, 1.165) is 32.1 Å². The molecule has 8 heteroatoms. The highest BCUT2D eigenvalue weighted by molar-refractivity contribution is 7.87. The molecule has 0 amide bonds. The SMILES string of the molecule is CCCCCCCCCCCCCCCCCCCCCCCOC(=O)CC(C(=O)OCCCCCCCCCCCCCCCCCCCCCCC)S(=O)(=O)O. The molecular weight excluding hydrogens is 745 g/mol. The van der Waals surface area contributed by atoms with Crippen LogP contribution in [0.3, 0.4) is 0 Å². The zero-order valence-electron chi connectivity index (χ0n) is 38.7. The van der Waals surface area contributed by atoms with Gasteiger partial charge in [-0.05, 0) is 12.8 Å². The highest BCUT2D eigenvalue weighted by atomic mass is 32.2. The maximum atomic E-state index is 12.4. The summed E-state index contributed by atoms with van der Waals surface area (Å²) in [6.45, 7) is 4.82. The lowest BCUT2D eigenvalue weighted by atomic mass is 10.0. The van der Waals surface area contributed by atoms with E-state index < -0.39 is 33.7 Å². The van der Waals surface area contributed by atoms with Crippen LogP contribution in [0.4, 0.5) is 0 Å². The monoisotopic (exact) mass is 843 g/mol. The van der Waals surface area contributed by atoms with Gasteiger partial charge in [0, 0.05) is 0 Å². The van der Waals surface area contributed by atoms with E-state index in [-0.39, 0.29) is 13.2 Å². The van der Waals surface area contributed by atoms with E-state index in [9.17, 15) is 22.6 Å². The predicted octanol–water partition coefficient (Wildman–Crippen LogP) is 16.1. The molecule has 1 N–H and O–H groups in total. The van der Waals surface area contributed by atoms with Gasteiger partial charge in [-0.15, -0.1) is 0 Å². The minimum absolute atomic E-state index is 0.0817. The summed E-state index contributed by atoms with van der Waals surface area (Å²) in [5.41, 5.74) is 0. The number of hydrogen-bond donors (Lipinski definition) is 1. The van der Waals surface area contributed by atoms with Crippen molar-refractivity contribution in [1.82, 2.24) is 0 Å². The van der Waals surface area contributed by atoms with Gasteiger partial charge in [0.05, 0.1) is 19.6 Å². The Balaban J connectivity index is 3.62. The second kappa shape index (κ2) is 45.4. The van der Waals surface area contributed by atoms with E-state index in [1.165, 1.54) is 225 Å². The minimum atomic E-state index is -4.78. The molecular formula is C50H98O7S. The third-order valence-corrected chi connectivity index (χ3v) is 13.1. The smallest absolute Gasteiger partial charge is 0.327 e. The fourth-order valence-electron chi connectivity index (χ4n) is 8.04. The average molecular weight is 843 g/mol. The van der Waals surface area contributed by atoms with Crippen LogP contribution in [-0.4, -0.2) is 43.4 Å². The second-order valence-electron chi connectivity index (χ2n) is 17.7. The van der Waals surface area contributed by atoms with Crippen molar-refractivity contribution in [2.75, 3.05) is 13.2 Å². The van der Waals surface area contributed by atoms with E-state index in [4.69, 9.17) is 9.47 Å². The summed E-state index contributed by atoms with van der Waals surface area (Å²) in [6, 6.07) is 0. The summed E-state index contributed by atoms with van der Waals surface area (Å²) >= 11 is 0. The summed E-state index contributed by atoms with van der Waals surface area (Å²) in [7, 11) is -4.78. The van der Waals surface area contributed by atoms with Gasteiger partial charge in [0.25, 0.3) is 10.1 Å². The van der Waals surface area contributed by atoms with Gasteiger partial charge < -0.3 is 9.47 Å². The molecule has 0 heterocycles. The van der Waals surface area contributed by atoms with Crippen molar-refractivity contribution in [3.05, 3.63) is 0 Å². The van der Waals surface area contributed by atoms with Gasteiger partial charge in [0.1, 0.15) is 0 Å². The molecule has 0 radical (unpaired) electrons. The van der Waals surface area contributed by atoms with E-state index in [1.54, 1.807) is 0 Å². The molecule has 0 aliphatic carbocycles. The molecule has 346 valence electrons. The lowest BCUT2D eigenvalue weighted by Gasteiger charge is -2.13. The Morgan fingerprint density at radius 1 is 0.362 bits per heavy atom. The normalized spacial score (nSPS) is 12.3. The third-order valence-electron chi connectivity index (χ3n) is 12.0. The van der Waals surface area contributed by atoms with Crippen molar-refractivity contribution >= 4 is 22.1 Å². The summed E-state index contributed by atoms with van der Waals surface area (Å²) in [5.74, 6) is -1.89. The molecule has 0 aromatic heterocycles. The van der Waals surface area contributed by atoms with E-state index in [2.05, 4.69) is 13.8 Å². The van der Waals surface area contributed by atoms with Crippen molar-refractivity contribution in [1.29, 1.82) is 0 Å².